The van der Waals surface area contributed by atoms with E-state index in [4.69, 9.17) is 11.6 Å². The summed E-state index contributed by atoms with van der Waals surface area (Å²) < 4.78 is 1.70. The Morgan fingerprint density at radius 1 is 1.26 bits per heavy atom. The lowest BCUT2D eigenvalue weighted by molar-refractivity contribution is 0.0939. The molecular weight excluding hydrogens is 310 g/mol. The van der Waals surface area contributed by atoms with E-state index in [0.29, 0.717) is 28.9 Å². The van der Waals surface area contributed by atoms with E-state index in [9.17, 15) is 4.79 Å². The number of amides is 1. The molecule has 1 aromatic heterocycles. The first kappa shape index (κ1) is 17.5. The highest BCUT2D eigenvalue weighted by molar-refractivity contribution is 6.33. The minimum absolute atomic E-state index is 0.0902. The molecule has 0 saturated heterocycles. The van der Waals surface area contributed by atoms with Crippen LogP contribution in [0.5, 0.6) is 0 Å². The van der Waals surface area contributed by atoms with Crippen LogP contribution >= 0.6 is 11.6 Å². The summed E-state index contributed by atoms with van der Waals surface area (Å²) in [5, 5.41) is 7.83. The van der Waals surface area contributed by atoms with Gasteiger partial charge in [-0.05, 0) is 37.8 Å². The maximum atomic E-state index is 12.6. The van der Waals surface area contributed by atoms with E-state index < -0.39 is 0 Å². The molecule has 124 valence electrons. The minimum atomic E-state index is -0.182. The summed E-state index contributed by atoms with van der Waals surface area (Å²) in [5.74, 6) is 0.229. The van der Waals surface area contributed by atoms with E-state index >= 15 is 0 Å². The molecule has 0 bridgehead atoms. The van der Waals surface area contributed by atoms with Crippen LogP contribution in [0, 0.1) is 19.8 Å². The van der Waals surface area contributed by atoms with Gasteiger partial charge >= 0.3 is 0 Å². The molecule has 2 rings (SSSR count). The van der Waals surface area contributed by atoms with Crippen LogP contribution in [0.15, 0.2) is 24.3 Å². The lowest BCUT2D eigenvalue weighted by Gasteiger charge is -2.16. The Labute approximate surface area is 142 Å². The van der Waals surface area contributed by atoms with Crippen LogP contribution in [0.1, 0.15) is 54.0 Å². The van der Waals surface area contributed by atoms with Crippen LogP contribution < -0.4 is 5.32 Å². The molecule has 1 heterocycles. The number of carbonyl (C=O) groups excluding carboxylic acids is 1. The van der Waals surface area contributed by atoms with Gasteiger partial charge in [0.25, 0.3) is 5.91 Å². The van der Waals surface area contributed by atoms with Crippen LogP contribution in [0.4, 0.5) is 0 Å². The number of benzene rings is 1. The van der Waals surface area contributed by atoms with Crippen molar-refractivity contribution in [3.8, 4) is 0 Å². The van der Waals surface area contributed by atoms with Gasteiger partial charge in [-0.25, -0.2) is 0 Å². The van der Waals surface area contributed by atoms with Crippen LogP contribution in [0.2, 0.25) is 5.15 Å². The van der Waals surface area contributed by atoms with Gasteiger partial charge in [0.2, 0.25) is 0 Å². The molecule has 1 N–H and O–H groups in total. The average molecular weight is 334 g/mol. The molecule has 4 nitrogen and oxygen atoms in total. The largest absolute Gasteiger partial charge is 0.345 e. The highest BCUT2D eigenvalue weighted by atomic mass is 35.5. The van der Waals surface area contributed by atoms with Gasteiger partial charge in [-0.1, -0.05) is 49.7 Å². The van der Waals surface area contributed by atoms with Crippen molar-refractivity contribution in [3.63, 3.8) is 0 Å². The topological polar surface area (TPSA) is 46.9 Å². The summed E-state index contributed by atoms with van der Waals surface area (Å²) in [7, 11) is 0. The molecule has 0 aliphatic heterocycles. The van der Waals surface area contributed by atoms with E-state index in [0.717, 1.165) is 11.1 Å². The van der Waals surface area contributed by atoms with E-state index in [1.165, 1.54) is 0 Å². The number of aromatic nitrogens is 2. The van der Waals surface area contributed by atoms with Gasteiger partial charge in [0.15, 0.2) is 0 Å². The number of nitrogens with one attached hydrogen (secondary N) is 1. The number of aryl methyl sites for hydroxylation is 2. The molecule has 2 aromatic rings. The predicted octanol–water partition coefficient (Wildman–Crippen LogP) is 4.30. The quantitative estimate of drug-likeness (QED) is 0.886. The van der Waals surface area contributed by atoms with Gasteiger partial charge < -0.3 is 5.32 Å². The van der Waals surface area contributed by atoms with Crippen LogP contribution in [-0.2, 0) is 6.54 Å². The number of halogens is 1. The fourth-order valence-corrected chi connectivity index (χ4v) is 3.03. The van der Waals surface area contributed by atoms with Crippen LogP contribution in [0.25, 0.3) is 0 Å². The second-order valence-corrected chi connectivity index (χ2v) is 6.74. The van der Waals surface area contributed by atoms with Crippen LogP contribution in [0.3, 0.4) is 0 Å². The SMILES string of the molecule is Cc1ccccc1[C@@H](C)NC(=O)c1c(C)nn(CC(C)C)c1Cl. The molecule has 0 saturated carbocycles. The Kier molecular flexibility index (Phi) is 5.47. The standard InChI is InChI=1S/C18H24ClN3O/c1-11(2)10-22-17(19)16(14(5)21-22)18(23)20-13(4)15-9-7-6-8-12(15)3/h6-9,11,13H,10H2,1-5H3,(H,20,23)/t13-/m1/s1. The fourth-order valence-electron chi connectivity index (χ4n) is 2.70. The molecular formula is C18H24ClN3O. The van der Waals surface area contributed by atoms with Gasteiger partial charge in [0.05, 0.1) is 17.3 Å². The molecule has 0 aliphatic rings. The zero-order valence-electron chi connectivity index (χ0n) is 14.4. The van der Waals surface area contributed by atoms with Gasteiger partial charge in [0, 0.05) is 6.54 Å². The van der Waals surface area contributed by atoms with Crippen LogP contribution in [-0.4, -0.2) is 15.7 Å². The van der Waals surface area contributed by atoms with Gasteiger partial charge in [0.1, 0.15) is 5.15 Å². The van der Waals surface area contributed by atoms with Gasteiger partial charge in [-0.15, -0.1) is 0 Å². The maximum Gasteiger partial charge on any atom is 0.256 e. The predicted molar refractivity (Wildman–Crippen MR) is 93.9 cm³/mol. The second kappa shape index (κ2) is 7.18. The summed E-state index contributed by atoms with van der Waals surface area (Å²) >= 11 is 6.37. The van der Waals surface area contributed by atoms with Crippen molar-refractivity contribution in [1.29, 1.82) is 0 Å². The normalized spacial score (nSPS) is 12.5. The summed E-state index contributed by atoms with van der Waals surface area (Å²) in [6.07, 6.45) is 0. The first-order valence-electron chi connectivity index (χ1n) is 7.90. The van der Waals surface area contributed by atoms with Crippen molar-refractivity contribution in [3.05, 3.63) is 51.8 Å². The van der Waals surface area contributed by atoms with Crippen molar-refractivity contribution in [1.82, 2.24) is 15.1 Å². The van der Waals surface area contributed by atoms with Crippen molar-refractivity contribution in [2.24, 2.45) is 5.92 Å². The first-order chi connectivity index (χ1) is 10.8. The molecule has 23 heavy (non-hydrogen) atoms. The summed E-state index contributed by atoms with van der Waals surface area (Å²) in [6, 6.07) is 7.94. The fraction of sp³-hybridized carbons (Fsp3) is 0.444. The second-order valence-electron chi connectivity index (χ2n) is 6.38. The smallest absolute Gasteiger partial charge is 0.256 e. The van der Waals surface area contributed by atoms with Crippen molar-refractivity contribution in [2.75, 3.05) is 0 Å². The third kappa shape index (κ3) is 3.94. The highest BCUT2D eigenvalue weighted by Crippen LogP contribution is 2.23. The Balaban J connectivity index is 2.21. The third-order valence-corrected chi connectivity index (χ3v) is 4.22. The Bertz CT molecular complexity index is 706. The van der Waals surface area contributed by atoms with Crippen molar-refractivity contribution in [2.45, 2.75) is 47.2 Å². The highest BCUT2D eigenvalue weighted by Gasteiger charge is 2.22. The summed E-state index contributed by atoms with van der Waals surface area (Å²) in [4.78, 5) is 12.6. The molecule has 1 atom stereocenters. The number of rotatable bonds is 5. The molecule has 0 spiro atoms. The van der Waals surface area contributed by atoms with E-state index in [-0.39, 0.29) is 11.9 Å². The van der Waals surface area contributed by atoms with Gasteiger partial charge in [-0.2, -0.15) is 5.10 Å². The zero-order valence-corrected chi connectivity index (χ0v) is 15.1. The van der Waals surface area contributed by atoms with Gasteiger partial charge in [-0.3, -0.25) is 9.48 Å². The third-order valence-electron chi connectivity index (χ3n) is 3.83. The van der Waals surface area contributed by atoms with Crippen molar-refractivity contribution < 1.29 is 4.79 Å². The van der Waals surface area contributed by atoms with Crippen molar-refractivity contribution >= 4 is 17.5 Å². The molecule has 1 amide bonds. The monoisotopic (exact) mass is 333 g/mol. The number of hydrogen-bond acceptors (Lipinski definition) is 2. The minimum Gasteiger partial charge on any atom is -0.345 e. The average Bonchev–Trinajstić information content (AvgIpc) is 2.72. The molecule has 1 aromatic carbocycles. The Morgan fingerprint density at radius 2 is 1.91 bits per heavy atom. The Hall–Kier alpha value is -1.81. The van der Waals surface area contributed by atoms with E-state index in [1.807, 2.05) is 45.0 Å². The first-order valence-corrected chi connectivity index (χ1v) is 8.28. The van der Waals surface area contributed by atoms with E-state index in [1.54, 1.807) is 4.68 Å². The van der Waals surface area contributed by atoms with E-state index in [2.05, 4.69) is 24.3 Å². The molecule has 0 radical (unpaired) electrons. The number of carbonyl (C=O) groups is 1. The molecule has 0 fully saturated rings. The summed E-state index contributed by atoms with van der Waals surface area (Å²) in [6.45, 7) is 10.7. The maximum absolute atomic E-state index is 12.6. The molecule has 5 heteroatoms. The lowest BCUT2D eigenvalue weighted by Crippen LogP contribution is -2.27. The lowest BCUT2D eigenvalue weighted by atomic mass is 10.0. The molecule has 0 unspecified atom stereocenters. The summed E-state index contributed by atoms with van der Waals surface area (Å²) in [5.41, 5.74) is 3.38. The number of hydrogen-bond donors (Lipinski definition) is 1. The molecule has 0 aliphatic carbocycles. The number of nitrogens with zero attached hydrogens (tertiary/aromatic N) is 2. The Morgan fingerprint density at radius 3 is 2.52 bits per heavy atom. The zero-order chi connectivity index (χ0) is 17.1.